The number of aliphatic carboxylic acids is 1. The lowest BCUT2D eigenvalue weighted by Crippen LogP contribution is -2.56. The standard InChI is InChI=1S/C17H25NO3/c1-2-3-4-14(15(19)20)18-16(21)17-8-11-5-12(9-17)7-13(6-11)10-17/h2,11-14H,1,3-10H2,(H,18,21)(H,19,20)/t11?,12?,13?,14-,17?/m0/s1. The Morgan fingerprint density at radius 2 is 1.71 bits per heavy atom. The number of hydrogen-bond acceptors (Lipinski definition) is 2. The molecule has 0 aromatic rings. The average molecular weight is 291 g/mol. The van der Waals surface area contributed by atoms with E-state index in [0.29, 0.717) is 30.6 Å². The first-order valence-corrected chi connectivity index (χ1v) is 8.17. The second-order valence-electron chi connectivity index (χ2n) is 7.43. The van der Waals surface area contributed by atoms with Crippen LogP contribution in [0.15, 0.2) is 12.7 Å². The zero-order chi connectivity index (χ0) is 15.0. The maximum atomic E-state index is 12.8. The Labute approximate surface area is 126 Å². The van der Waals surface area contributed by atoms with E-state index in [1.165, 1.54) is 19.3 Å². The van der Waals surface area contributed by atoms with Crippen LogP contribution in [0.3, 0.4) is 0 Å². The molecule has 4 heteroatoms. The van der Waals surface area contributed by atoms with Gasteiger partial charge in [0.25, 0.3) is 0 Å². The summed E-state index contributed by atoms with van der Waals surface area (Å²) in [7, 11) is 0. The quantitative estimate of drug-likeness (QED) is 0.739. The Bertz CT molecular complexity index is 422. The largest absolute Gasteiger partial charge is 0.480 e. The molecule has 0 aromatic carbocycles. The van der Waals surface area contributed by atoms with Crippen molar-refractivity contribution in [2.45, 2.75) is 57.4 Å². The molecule has 4 fully saturated rings. The second-order valence-corrected chi connectivity index (χ2v) is 7.43. The minimum atomic E-state index is -0.935. The number of rotatable bonds is 6. The third kappa shape index (κ3) is 2.72. The van der Waals surface area contributed by atoms with Crippen LogP contribution in [-0.2, 0) is 9.59 Å². The van der Waals surface area contributed by atoms with Crippen LogP contribution in [0.25, 0.3) is 0 Å². The van der Waals surface area contributed by atoms with Crippen molar-refractivity contribution in [3.05, 3.63) is 12.7 Å². The number of amides is 1. The number of carboxylic acid groups (broad SMARTS) is 1. The van der Waals surface area contributed by atoms with Crippen LogP contribution in [-0.4, -0.2) is 23.0 Å². The van der Waals surface area contributed by atoms with E-state index in [1.54, 1.807) is 6.08 Å². The first kappa shape index (κ1) is 14.6. The fourth-order valence-electron chi connectivity index (χ4n) is 5.24. The molecule has 116 valence electrons. The minimum Gasteiger partial charge on any atom is -0.480 e. The number of allylic oxidation sites excluding steroid dienone is 1. The molecule has 0 radical (unpaired) electrons. The number of hydrogen-bond donors (Lipinski definition) is 2. The molecule has 0 spiro atoms. The smallest absolute Gasteiger partial charge is 0.326 e. The lowest BCUT2D eigenvalue weighted by Gasteiger charge is -2.55. The molecule has 0 heterocycles. The van der Waals surface area contributed by atoms with Gasteiger partial charge in [0.1, 0.15) is 6.04 Å². The summed E-state index contributed by atoms with van der Waals surface area (Å²) in [5.74, 6) is 1.14. The van der Waals surface area contributed by atoms with E-state index in [2.05, 4.69) is 11.9 Å². The van der Waals surface area contributed by atoms with E-state index in [0.717, 1.165) is 19.3 Å². The molecule has 0 aliphatic heterocycles. The van der Waals surface area contributed by atoms with Crippen molar-refractivity contribution >= 4 is 11.9 Å². The van der Waals surface area contributed by atoms with Gasteiger partial charge >= 0.3 is 5.97 Å². The van der Waals surface area contributed by atoms with Crippen LogP contribution in [0.1, 0.15) is 51.4 Å². The molecular formula is C17H25NO3. The van der Waals surface area contributed by atoms with Crippen molar-refractivity contribution in [2.24, 2.45) is 23.2 Å². The summed E-state index contributed by atoms with van der Waals surface area (Å²) in [6, 6.07) is -0.775. The molecule has 4 saturated carbocycles. The highest BCUT2D eigenvalue weighted by Crippen LogP contribution is 2.60. The summed E-state index contributed by atoms with van der Waals surface area (Å²) in [6.07, 6.45) is 9.50. The van der Waals surface area contributed by atoms with Crippen LogP contribution >= 0.6 is 0 Å². The summed E-state index contributed by atoms with van der Waals surface area (Å²) < 4.78 is 0. The first-order valence-electron chi connectivity index (χ1n) is 8.17. The van der Waals surface area contributed by atoms with Gasteiger partial charge < -0.3 is 10.4 Å². The van der Waals surface area contributed by atoms with Crippen LogP contribution < -0.4 is 5.32 Å². The second kappa shape index (κ2) is 5.47. The van der Waals surface area contributed by atoms with E-state index in [-0.39, 0.29) is 11.3 Å². The SMILES string of the molecule is C=CCC[C@H](NC(=O)C12CC3CC(CC(C3)C1)C2)C(=O)O. The average Bonchev–Trinajstić information content (AvgIpc) is 2.41. The van der Waals surface area contributed by atoms with Gasteiger partial charge in [0.15, 0.2) is 0 Å². The number of carbonyl (C=O) groups is 2. The fourth-order valence-corrected chi connectivity index (χ4v) is 5.24. The van der Waals surface area contributed by atoms with Crippen molar-refractivity contribution < 1.29 is 14.7 Å². The Kier molecular flexibility index (Phi) is 3.80. The molecule has 4 nitrogen and oxygen atoms in total. The predicted octanol–water partition coefficient (Wildman–Crippen LogP) is 2.74. The maximum absolute atomic E-state index is 12.8. The van der Waals surface area contributed by atoms with Crippen LogP contribution in [0, 0.1) is 23.2 Å². The van der Waals surface area contributed by atoms with Gasteiger partial charge in [-0.05, 0) is 69.1 Å². The van der Waals surface area contributed by atoms with Gasteiger partial charge in [-0.3, -0.25) is 4.79 Å². The van der Waals surface area contributed by atoms with Crippen molar-refractivity contribution in [1.82, 2.24) is 5.32 Å². The highest BCUT2D eigenvalue weighted by atomic mass is 16.4. The lowest BCUT2D eigenvalue weighted by molar-refractivity contribution is -0.151. The zero-order valence-corrected chi connectivity index (χ0v) is 12.5. The van der Waals surface area contributed by atoms with E-state index in [9.17, 15) is 14.7 Å². The summed E-state index contributed by atoms with van der Waals surface area (Å²) in [5, 5.41) is 12.1. The Morgan fingerprint density at radius 3 is 2.14 bits per heavy atom. The first-order chi connectivity index (χ1) is 10.0. The van der Waals surface area contributed by atoms with Crippen molar-refractivity contribution in [2.75, 3.05) is 0 Å². The normalized spacial score (nSPS) is 38.0. The molecule has 4 rings (SSSR count). The highest BCUT2D eigenvalue weighted by Gasteiger charge is 2.54. The molecule has 2 N–H and O–H groups in total. The molecule has 21 heavy (non-hydrogen) atoms. The van der Waals surface area contributed by atoms with Gasteiger partial charge in [-0.1, -0.05) is 6.08 Å². The summed E-state index contributed by atoms with van der Waals surface area (Å²) in [6.45, 7) is 3.62. The molecule has 1 amide bonds. The van der Waals surface area contributed by atoms with Crippen LogP contribution in [0.2, 0.25) is 0 Å². The van der Waals surface area contributed by atoms with Gasteiger partial charge in [0.2, 0.25) is 5.91 Å². The molecule has 4 bridgehead atoms. The van der Waals surface area contributed by atoms with Gasteiger partial charge in [-0.15, -0.1) is 6.58 Å². The number of nitrogens with one attached hydrogen (secondary N) is 1. The predicted molar refractivity (Wildman–Crippen MR) is 79.6 cm³/mol. The van der Waals surface area contributed by atoms with Gasteiger partial charge in [-0.2, -0.15) is 0 Å². The van der Waals surface area contributed by atoms with Gasteiger partial charge in [-0.25, -0.2) is 4.79 Å². The topological polar surface area (TPSA) is 66.4 Å². The Balaban J connectivity index is 1.69. The monoisotopic (exact) mass is 291 g/mol. The van der Waals surface area contributed by atoms with Gasteiger partial charge in [0.05, 0.1) is 0 Å². The van der Waals surface area contributed by atoms with Crippen LogP contribution in [0.5, 0.6) is 0 Å². The van der Waals surface area contributed by atoms with Crippen molar-refractivity contribution in [3.8, 4) is 0 Å². The van der Waals surface area contributed by atoms with E-state index in [1.807, 2.05) is 0 Å². The van der Waals surface area contributed by atoms with E-state index >= 15 is 0 Å². The lowest BCUT2D eigenvalue weighted by atomic mass is 9.49. The molecule has 4 aliphatic carbocycles. The van der Waals surface area contributed by atoms with Crippen LogP contribution in [0.4, 0.5) is 0 Å². The molecule has 0 aromatic heterocycles. The summed E-state index contributed by atoms with van der Waals surface area (Å²) in [4.78, 5) is 24.1. The third-order valence-corrected chi connectivity index (χ3v) is 5.78. The molecular weight excluding hydrogens is 266 g/mol. The van der Waals surface area contributed by atoms with Crippen molar-refractivity contribution in [3.63, 3.8) is 0 Å². The minimum absolute atomic E-state index is 0.00179. The third-order valence-electron chi connectivity index (χ3n) is 5.78. The summed E-state index contributed by atoms with van der Waals surface area (Å²) in [5.41, 5.74) is -0.267. The van der Waals surface area contributed by atoms with Crippen molar-refractivity contribution in [1.29, 1.82) is 0 Å². The molecule has 0 saturated heterocycles. The van der Waals surface area contributed by atoms with E-state index in [4.69, 9.17) is 0 Å². The highest BCUT2D eigenvalue weighted by molar-refractivity contribution is 5.87. The number of carboxylic acids is 1. The zero-order valence-electron chi connectivity index (χ0n) is 12.5. The molecule has 1 atom stereocenters. The Hall–Kier alpha value is -1.32. The fraction of sp³-hybridized carbons (Fsp3) is 0.765. The Morgan fingerprint density at radius 1 is 1.19 bits per heavy atom. The van der Waals surface area contributed by atoms with Gasteiger partial charge in [0, 0.05) is 5.41 Å². The molecule has 0 unspecified atom stereocenters. The molecule has 4 aliphatic rings. The summed E-state index contributed by atoms with van der Waals surface area (Å²) >= 11 is 0. The van der Waals surface area contributed by atoms with E-state index < -0.39 is 12.0 Å². The number of carbonyl (C=O) groups excluding carboxylic acids is 1. The maximum Gasteiger partial charge on any atom is 0.326 e.